The lowest BCUT2D eigenvalue weighted by Crippen LogP contribution is -2.38. The highest BCUT2D eigenvalue weighted by Gasteiger charge is 2.22. The van der Waals surface area contributed by atoms with Gasteiger partial charge in [-0.15, -0.1) is 3.89 Å². The topological polar surface area (TPSA) is 102 Å². The number of pyridine rings is 1. The molecule has 2 rings (SSSR count). The average Bonchev–Trinajstić information content (AvgIpc) is 2.66. The first-order valence-corrected chi connectivity index (χ1v) is 10.4. The second-order valence-electron chi connectivity index (χ2n) is 5.18. The van der Waals surface area contributed by atoms with Crippen LogP contribution in [0.4, 0.5) is 3.89 Å². The quantitative estimate of drug-likeness (QED) is 0.773. The van der Waals surface area contributed by atoms with Crippen LogP contribution in [0, 0.1) is 0 Å². The molecule has 0 fully saturated rings. The molecular formula is C19H27FN2O5S. The largest absolute Gasteiger partial charge is 0.332 e. The Bertz CT molecular complexity index is 983. The van der Waals surface area contributed by atoms with Crippen molar-refractivity contribution in [3.05, 3.63) is 40.8 Å². The maximum Gasteiger partial charge on any atom is 0.332 e. The van der Waals surface area contributed by atoms with E-state index >= 15 is 0 Å². The predicted molar refractivity (Wildman–Crippen MR) is 107 cm³/mol. The molecule has 9 heteroatoms. The highest BCUT2D eigenvalue weighted by atomic mass is 32.3. The number of hydrogen-bond acceptors (Lipinski definition) is 5. The molecule has 156 valence electrons. The predicted octanol–water partition coefficient (Wildman–Crippen LogP) is 3.33. The number of carbonyl (C=O) groups excluding carboxylic acids is 2. The Morgan fingerprint density at radius 3 is 2.18 bits per heavy atom. The number of fused-ring (bicyclic) bond motifs is 1. The lowest BCUT2D eigenvalue weighted by molar-refractivity contribution is -0.131. The van der Waals surface area contributed by atoms with Crippen LogP contribution in [0.2, 0.25) is 0 Å². The van der Waals surface area contributed by atoms with Crippen LogP contribution in [0.1, 0.15) is 54.0 Å². The molecule has 1 aromatic heterocycles. The fourth-order valence-electron chi connectivity index (χ4n) is 2.40. The summed E-state index contributed by atoms with van der Waals surface area (Å²) in [5.41, 5.74) is -0.649. The van der Waals surface area contributed by atoms with E-state index in [9.17, 15) is 26.7 Å². The van der Waals surface area contributed by atoms with Gasteiger partial charge in [0.1, 0.15) is 6.04 Å². The maximum absolute atomic E-state index is 13.1. The van der Waals surface area contributed by atoms with Gasteiger partial charge < -0.3 is 4.57 Å². The molecule has 0 aliphatic heterocycles. The van der Waals surface area contributed by atoms with E-state index in [-0.39, 0.29) is 11.8 Å². The first-order valence-electron chi connectivity index (χ1n) is 9.06. The number of carbonyl (C=O) groups is 2. The summed E-state index contributed by atoms with van der Waals surface area (Å²) in [6.45, 7) is 10.8. The molecule has 7 nitrogen and oxygen atoms in total. The molecule has 1 N–H and O–H groups in total. The summed E-state index contributed by atoms with van der Waals surface area (Å²) < 4.78 is 36.3. The third-order valence-corrected chi connectivity index (χ3v) is 4.33. The number of hydrogen-bond donors (Lipinski definition) is 1. The highest BCUT2D eigenvalue weighted by molar-refractivity contribution is 7.86. The minimum atomic E-state index is -4.95. The summed E-state index contributed by atoms with van der Waals surface area (Å²) >= 11 is 0. The monoisotopic (exact) mass is 414 g/mol. The van der Waals surface area contributed by atoms with Gasteiger partial charge in [-0.3, -0.25) is 19.7 Å². The normalized spacial score (nSPS) is 11.4. The van der Waals surface area contributed by atoms with Crippen molar-refractivity contribution in [1.82, 2.24) is 9.88 Å². The standard InChI is InChI=1S/C15H15FN2O5S.2C2H6/c1-3-13(14(20)17-9(2)19)18-7-6-10-4-5-11(24(16,22)23)8-12(10)15(18)21;2*1-2/h4-8,13H,3H2,1-2H3,(H,17,19,20);2*1-2H3. The summed E-state index contributed by atoms with van der Waals surface area (Å²) in [6, 6.07) is 3.86. The summed E-state index contributed by atoms with van der Waals surface area (Å²) in [5.74, 6) is -1.21. The van der Waals surface area contributed by atoms with Crippen molar-refractivity contribution >= 4 is 32.8 Å². The Morgan fingerprint density at radius 2 is 1.71 bits per heavy atom. The van der Waals surface area contributed by atoms with Crippen LogP contribution < -0.4 is 10.9 Å². The van der Waals surface area contributed by atoms with Crippen molar-refractivity contribution in [3.8, 4) is 0 Å². The van der Waals surface area contributed by atoms with Gasteiger partial charge >= 0.3 is 10.2 Å². The molecule has 1 unspecified atom stereocenters. The molecule has 0 aliphatic rings. The lowest BCUT2D eigenvalue weighted by Gasteiger charge is -2.17. The number of halogens is 1. The number of aromatic nitrogens is 1. The third-order valence-electron chi connectivity index (χ3n) is 3.51. The van der Waals surface area contributed by atoms with Gasteiger partial charge in [-0.2, -0.15) is 8.42 Å². The molecule has 0 bridgehead atoms. The molecular weight excluding hydrogens is 387 g/mol. The zero-order chi connectivity index (χ0) is 22.1. The van der Waals surface area contributed by atoms with Gasteiger partial charge in [0.15, 0.2) is 0 Å². The molecule has 0 radical (unpaired) electrons. The van der Waals surface area contributed by atoms with E-state index in [2.05, 4.69) is 5.32 Å². The third kappa shape index (κ3) is 6.26. The zero-order valence-electron chi connectivity index (χ0n) is 16.9. The van der Waals surface area contributed by atoms with Crippen LogP contribution in [-0.4, -0.2) is 24.8 Å². The molecule has 2 aromatic rings. The number of rotatable bonds is 4. The molecule has 0 aliphatic carbocycles. The van der Waals surface area contributed by atoms with Gasteiger partial charge in [-0.1, -0.05) is 40.7 Å². The first-order chi connectivity index (χ1) is 13.1. The van der Waals surface area contributed by atoms with Crippen LogP contribution in [0.5, 0.6) is 0 Å². The van der Waals surface area contributed by atoms with Crippen LogP contribution >= 0.6 is 0 Å². The first kappa shape index (κ1) is 25.4. The minimum absolute atomic E-state index is 0.0368. The van der Waals surface area contributed by atoms with Crippen molar-refractivity contribution in [3.63, 3.8) is 0 Å². The Labute approximate surface area is 164 Å². The van der Waals surface area contributed by atoms with Crippen molar-refractivity contribution in [2.45, 2.75) is 58.9 Å². The van der Waals surface area contributed by atoms with Crippen molar-refractivity contribution < 1.29 is 21.9 Å². The summed E-state index contributed by atoms with van der Waals surface area (Å²) in [7, 11) is -4.95. The molecule has 2 amide bonds. The van der Waals surface area contributed by atoms with Gasteiger partial charge in [0.25, 0.3) is 5.56 Å². The zero-order valence-corrected chi connectivity index (χ0v) is 17.8. The number of imide groups is 1. The van der Waals surface area contributed by atoms with Gasteiger partial charge in [-0.25, -0.2) is 0 Å². The second kappa shape index (κ2) is 11.3. The minimum Gasteiger partial charge on any atom is -0.302 e. The second-order valence-corrected chi connectivity index (χ2v) is 6.53. The summed E-state index contributed by atoms with van der Waals surface area (Å²) in [4.78, 5) is 35.0. The SMILES string of the molecule is CC.CC.CCC(C(=O)NC(C)=O)n1ccc2ccc(S(=O)(=O)F)cc2c1=O. The molecule has 0 spiro atoms. The highest BCUT2D eigenvalue weighted by Crippen LogP contribution is 2.19. The fraction of sp³-hybridized carbons (Fsp3) is 0.421. The van der Waals surface area contributed by atoms with Crippen LogP contribution in [0.25, 0.3) is 10.8 Å². The molecule has 1 atom stereocenters. The van der Waals surface area contributed by atoms with Gasteiger partial charge in [0.05, 0.1) is 4.90 Å². The lowest BCUT2D eigenvalue weighted by atomic mass is 10.1. The number of amides is 2. The fourth-order valence-corrected chi connectivity index (χ4v) is 2.88. The van der Waals surface area contributed by atoms with Crippen molar-refractivity contribution in [2.24, 2.45) is 0 Å². The van der Waals surface area contributed by atoms with Gasteiger partial charge in [-0.05, 0) is 30.0 Å². The van der Waals surface area contributed by atoms with E-state index in [1.54, 1.807) is 6.92 Å². The smallest absolute Gasteiger partial charge is 0.302 e. The Balaban J connectivity index is 0.00000171. The Morgan fingerprint density at radius 1 is 1.14 bits per heavy atom. The average molecular weight is 414 g/mol. The van der Waals surface area contributed by atoms with Gasteiger partial charge in [0, 0.05) is 18.5 Å². The molecule has 0 saturated heterocycles. The Kier molecular flexibility index (Phi) is 10.3. The van der Waals surface area contributed by atoms with Gasteiger partial charge in [0.2, 0.25) is 11.8 Å². The van der Waals surface area contributed by atoms with Crippen molar-refractivity contribution in [1.29, 1.82) is 0 Å². The molecule has 28 heavy (non-hydrogen) atoms. The van der Waals surface area contributed by atoms with E-state index < -0.39 is 38.5 Å². The number of nitrogens with one attached hydrogen (secondary N) is 1. The van der Waals surface area contributed by atoms with E-state index in [0.29, 0.717) is 5.39 Å². The molecule has 1 heterocycles. The van der Waals surface area contributed by atoms with Crippen LogP contribution in [-0.2, 0) is 19.8 Å². The molecule has 0 saturated carbocycles. The summed E-state index contributed by atoms with van der Waals surface area (Å²) in [6.07, 6.45) is 1.60. The van der Waals surface area contributed by atoms with Crippen LogP contribution in [0.15, 0.2) is 40.2 Å². The van der Waals surface area contributed by atoms with E-state index in [0.717, 1.165) is 16.7 Å². The van der Waals surface area contributed by atoms with E-state index in [1.165, 1.54) is 25.3 Å². The number of benzene rings is 1. The summed E-state index contributed by atoms with van der Waals surface area (Å²) in [5, 5.41) is 2.48. The number of nitrogens with zero attached hydrogens (tertiary/aromatic N) is 1. The molecule has 1 aromatic carbocycles. The van der Waals surface area contributed by atoms with E-state index in [4.69, 9.17) is 0 Å². The van der Waals surface area contributed by atoms with E-state index in [1.807, 2.05) is 27.7 Å². The van der Waals surface area contributed by atoms with Crippen molar-refractivity contribution in [2.75, 3.05) is 0 Å². The maximum atomic E-state index is 13.1. The van der Waals surface area contributed by atoms with Crippen LogP contribution in [0.3, 0.4) is 0 Å². The Hall–Kier alpha value is -2.55.